The normalized spacial score (nSPS) is 12.7. The van der Waals surface area contributed by atoms with E-state index in [0.29, 0.717) is 17.0 Å². The van der Waals surface area contributed by atoms with Gasteiger partial charge in [-0.1, -0.05) is 12.1 Å². The van der Waals surface area contributed by atoms with E-state index >= 15 is 0 Å². The van der Waals surface area contributed by atoms with Crippen LogP contribution in [0.25, 0.3) is 17.2 Å². The van der Waals surface area contributed by atoms with Crippen molar-refractivity contribution in [2.24, 2.45) is 0 Å². The Balaban J connectivity index is 2.05. The zero-order valence-corrected chi connectivity index (χ0v) is 10.2. The van der Waals surface area contributed by atoms with Gasteiger partial charge in [-0.2, -0.15) is 0 Å². The van der Waals surface area contributed by atoms with Crippen molar-refractivity contribution >= 4 is 29.1 Å². The van der Waals surface area contributed by atoms with Crippen molar-refractivity contribution in [1.29, 1.82) is 0 Å². The zero-order valence-electron chi connectivity index (χ0n) is 10.2. The van der Waals surface area contributed by atoms with Crippen LogP contribution in [0.5, 0.6) is 0 Å². The summed E-state index contributed by atoms with van der Waals surface area (Å²) in [6.07, 6.45) is 2.58. The Labute approximate surface area is 108 Å². The van der Waals surface area contributed by atoms with Crippen molar-refractivity contribution < 1.29 is 19.1 Å². The molecule has 0 fully saturated rings. The van der Waals surface area contributed by atoms with Crippen LogP contribution in [0.2, 0.25) is 0 Å². The fourth-order valence-electron chi connectivity index (χ4n) is 1.43. The van der Waals surface area contributed by atoms with E-state index in [1.165, 1.54) is 19.1 Å². The maximum Gasteiger partial charge on any atom is 0.325 e. The topological polar surface area (TPSA) is 92.4 Å². The van der Waals surface area contributed by atoms with Gasteiger partial charge in [0.05, 0.1) is 0 Å². The maximum atomic E-state index is 11.4. The van der Waals surface area contributed by atoms with Gasteiger partial charge in [0.2, 0.25) is 11.8 Å². The highest BCUT2D eigenvalue weighted by molar-refractivity contribution is 5.94. The first-order valence-corrected chi connectivity index (χ1v) is 5.63. The van der Waals surface area contributed by atoms with E-state index in [-0.39, 0.29) is 0 Å². The molecule has 1 aromatic carbocycles. The average molecular weight is 260 g/mol. The van der Waals surface area contributed by atoms with E-state index < -0.39 is 17.9 Å². The molecule has 1 atom stereocenters. The van der Waals surface area contributed by atoms with Gasteiger partial charge in [0.15, 0.2) is 5.58 Å². The standard InChI is InChI=1S/C13H12N2O4/c1-8(13(17)18)14-11(16)6-7-12-15-9-4-2-3-5-10(9)19-12/h2-8H,1H3,(H,14,16)(H,17,18)/b7-6+/t8-/m0/s1. The minimum Gasteiger partial charge on any atom is -0.480 e. The number of nitrogens with one attached hydrogen (secondary N) is 1. The van der Waals surface area contributed by atoms with Crippen LogP contribution in [0.1, 0.15) is 12.8 Å². The Morgan fingerprint density at radius 3 is 2.84 bits per heavy atom. The fourth-order valence-corrected chi connectivity index (χ4v) is 1.43. The number of hydrogen-bond donors (Lipinski definition) is 2. The molecule has 0 aliphatic heterocycles. The van der Waals surface area contributed by atoms with Crippen molar-refractivity contribution in [2.45, 2.75) is 13.0 Å². The first-order chi connectivity index (χ1) is 9.06. The summed E-state index contributed by atoms with van der Waals surface area (Å²) in [5.41, 5.74) is 1.32. The molecule has 0 aliphatic carbocycles. The lowest BCUT2D eigenvalue weighted by Gasteiger charge is -2.05. The third kappa shape index (κ3) is 3.19. The number of aliphatic carboxylic acids is 1. The minimum absolute atomic E-state index is 0.291. The van der Waals surface area contributed by atoms with Crippen LogP contribution in [-0.2, 0) is 9.59 Å². The summed E-state index contributed by atoms with van der Waals surface area (Å²) in [5.74, 6) is -1.32. The number of oxazole rings is 1. The SMILES string of the molecule is C[C@H](NC(=O)/C=C/c1nc2ccccc2o1)C(=O)O. The van der Waals surface area contributed by atoms with Crippen LogP contribution in [-0.4, -0.2) is 28.0 Å². The molecule has 1 amide bonds. The van der Waals surface area contributed by atoms with E-state index in [4.69, 9.17) is 9.52 Å². The fraction of sp³-hybridized carbons (Fsp3) is 0.154. The van der Waals surface area contributed by atoms with Gasteiger partial charge in [-0.25, -0.2) is 4.98 Å². The Hall–Kier alpha value is -2.63. The van der Waals surface area contributed by atoms with Gasteiger partial charge in [0.1, 0.15) is 11.6 Å². The highest BCUT2D eigenvalue weighted by atomic mass is 16.4. The number of carbonyl (C=O) groups excluding carboxylic acids is 1. The minimum atomic E-state index is -1.09. The van der Waals surface area contributed by atoms with Gasteiger partial charge in [-0.3, -0.25) is 9.59 Å². The smallest absolute Gasteiger partial charge is 0.325 e. The second-order valence-corrected chi connectivity index (χ2v) is 3.92. The Bertz CT molecular complexity index is 612. The lowest BCUT2D eigenvalue weighted by molar-refractivity contribution is -0.140. The van der Waals surface area contributed by atoms with Crippen molar-refractivity contribution in [3.8, 4) is 0 Å². The number of carboxylic acids is 1. The van der Waals surface area contributed by atoms with Gasteiger partial charge in [-0.15, -0.1) is 0 Å². The molecule has 0 aliphatic rings. The molecule has 0 bridgehead atoms. The third-order valence-electron chi connectivity index (χ3n) is 2.42. The Morgan fingerprint density at radius 2 is 2.16 bits per heavy atom. The van der Waals surface area contributed by atoms with Crippen molar-refractivity contribution in [1.82, 2.24) is 10.3 Å². The summed E-state index contributed by atoms with van der Waals surface area (Å²) in [7, 11) is 0. The summed E-state index contributed by atoms with van der Waals surface area (Å²) in [6.45, 7) is 1.38. The molecule has 0 unspecified atom stereocenters. The number of fused-ring (bicyclic) bond motifs is 1. The van der Waals surface area contributed by atoms with Crippen LogP contribution in [0.15, 0.2) is 34.8 Å². The van der Waals surface area contributed by atoms with Gasteiger partial charge < -0.3 is 14.8 Å². The number of amides is 1. The molecular weight excluding hydrogens is 248 g/mol. The number of para-hydroxylation sites is 2. The second-order valence-electron chi connectivity index (χ2n) is 3.92. The molecule has 2 aromatic rings. The highest BCUT2D eigenvalue weighted by Gasteiger charge is 2.12. The van der Waals surface area contributed by atoms with Crippen LogP contribution >= 0.6 is 0 Å². The Kier molecular flexibility index (Phi) is 3.61. The van der Waals surface area contributed by atoms with Crippen LogP contribution in [0, 0.1) is 0 Å². The monoisotopic (exact) mass is 260 g/mol. The molecule has 1 aromatic heterocycles. The summed E-state index contributed by atoms with van der Waals surface area (Å²) < 4.78 is 5.38. The zero-order chi connectivity index (χ0) is 13.8. The summed E-state index contributed by atoms with van der Waals surface area (Å²) in [5, 5.41) is 10.9. The number of nitrogens with zero attached hydrogens (tertiary/aromatic N) is 1. The molecular formula is C13H12N2O4. The van der Waals surface area contributed by atoms with Gasteiger partial charge in [0, 0.05) is 12.2 Å². The largest absolute Gasteiger partial charge is 0.480 e. The second kappa shape index (κ2) is 5.34. The molecule has 19 heavy (non-hydrogen) atoms. The van der Waals surface area contributed by atoms with Crippen molar-refractivity contribution in [3.05, 3.63) is 36.2 Å². The quantitative estimate of drug-likeness (QED) is 0.811. The number of carbonyl (C=O) groups is 2. The molecule has 0 saturated carbocycles. The maximum absolute atomic E-state index is 11.4. The summed E-state index contributed by atoms with van der Waals surface area (Å²) in [6, 6.07) is 6.28. The van der Waals surface area contributed by atoms with E-state index in [1.54, 1.807) is 12.1 Å². The number of carboxylic acid groups (broad SMARTS) is 1. The third-order valence-corrected chi connectivity index (χ3v) is 2.42. The van der Waals surface area contributed by atoms with Crippen molar-refractivity contribution in [3.63, 3.8) is 0 Å². The molecule has 2 rings (SSSR count). The highest BCUT2D eigenvalue weighted by Crippen LogP contribution is 2.15. The number of rotatable bonds is 4. The van der Waals surface area contributed by atoms with E-state index in [2.05, 4.69) is 10.3 Å². The van der Waals surface area contributed by atoms with Gasteiger partial charge in [0.25, 0.3) is 0 Å². The van der Waals surface area contributed by atoms with E-state index in [9.17, 15) is 9.59 Å². The number of aromatic nitrogens is 1. The van der Waals surface area contributed by atoms with Crippen LogP contribution < -0.4 is 5.32 Å². The van der Waals surface area contributed by atoms with E-state index in [0.717, 1.165) is 0 Å². The lowest BCUT2D eigenvalue weighted by Crippen LogP contribution is -2.37. The van der Waals surface area contributed by atoms with Gasteiger partial charge >= 0.3 is 5.97 Å². The molecule has 6 nitrogen and oxygen atoms in total. The molecule has 98 valence electrons. The van der Waals surface area contributed by atoms with Crippen molar-refractivity contribution in [2.75, 3.05) is 0 Å². The summed E-state index contributed by atoms with van der Waals surface area (Å²) >= 11 is 0. The molecule has 6 heteroatoms. The number of hydrogen-bond acceptors (Lipinski definition) is 4. The first-order valence-electron chi connectivity index (χ1n) is 5.63. The molecule has 0 spiro atoms. The van der Waals surface area contributed by atoms with E-state index in [1.807, 2.05) is 12.1 Å². The predicted octanol–water partition coefficient (Wildman–Crippen LogP) is 1.43. The molecule has 0 saturated heterocycles. The molecule has 1 heterocycles. The first kappa shape index (κ1) is 12.8. The summed E-state index contributed by atoms with van der Waals surface area (Å²) in [4.78, 5) is 26.1. The molecule has 2 N–H and O–H groups in total. The van der Waals surface area contributed by atoms with Crippen LogP contribution in [0.4, 0.5) is 0 Å². The van der Waals surface area contributed by atoms with Crippen LogP contribution in [0.3, 0.4) is 0 Å². The number of benzene rings is 1. The van der Waals surface area contributed by atoms with Gasteiger partial charge in [-0.05, 0) is 19.1 Å². The lowest BCUT2D eigenvalue weighted by atomic mass is 10.3. The predicted molar refractivity (Wildman–Crippen MR) is 68.3 cm³/mol. The average Bonchev–Trinajstić information content (AvgIpc) is 2.78. The Morgan fingerprint density at radius 1 is 1.42 bits per heavy atom. The molecule has 0 radical (unpaired) electrons.